The van der Waals surface area contributed by atoms with Crippen LogP contribution in [0.5, 0.6) is 0 Å². The highest BCUT2D eigenvalue weighted by Crippen LogP contribution is 2.08. The van der Waals surface area contributed by atoms with Gasteiger partial charge in [0.25, 0.3) is 6.39 Å². The first kappa shape index (κ1) is 4.56. The minimum absolute atomic E-state index is 0.734. The van der Waals surface area contributed by atoms with Crippen molar-refractivity contribution in [2.24, 2.45) is 0 Å². The third-order valence-corrected chi connectivity index (χ3v) is 1.13. The number of nitrogens with zero attached hydrogens (tertiary/aromatic N) is 1. The summed E-state index contributed by atoms with van der Waals surface area (Å²) in [6.07, 6.45) is 2.39. The maximum Gasteiger partial charge on any atom is 0.284 e. The van der Waals surface area contributed by atoms with Crippen molar-refractivity contribution in [2.75, 3.05) is 0 Å². The molecule has 0 bridgehead atoms. The molecule has 0 saturated carbocycles. The number of fused-ring (bicyclic) bond motifs is 1. The molecule has 1 aromatic heterocycles. The van der Waals surface area contributed by atoms with Gasteiger partial charge in [0.15, 0.2) is 5.58 Å². The summed E-state index contributed by atoms with van der Waals surface area (Å²) >= 11 is 0. The Kier molecular flexibility index (Phi) is 0.803. The molecule has 0 aliphatic carbocycles. The van der Waals surface area contributed by atoms with Crippen molar-refractivity contribution in [1.82, 2.24) is 4.98 Å². The number of hydrogen-bond donors (Lipinski definition) is 0. The lowest BCUT2D eigenvalue weighted by atomic mass is 10.3. The first-order chi connectivity index (χ1) is 4.47. The lowest BCUT2D eigenvalue weighted by Gasteiger charge is -1.78. The van der Waals surface area contributed by atoms with Gasteiger partial charge in [-0.1, -0.05) is 6.07 Å². The maximum atomic E-state index is 4.85. The zero-order valence-electron chi connectivity index (χ0n) is 4.59. The molecule has 0 aliphatic rings. The number of aromatic nitrogens is 1. The third-order valence-electron chi connectivity index (χ3n) is 1.13. The predicted octanol–water partition coefficient (Wildman–Crippen LogP) is 1.43. The summed E-state index contributed by atoms with van der Waals surface area (Å²) in [6, 6.07) is 8.22. The molecule has 2 rings (SSSR count). The van der Waals surface area contributed by atoms with E-state index in [1.165, 1.54) is 0 Å². The number of benzene rings is 1. The Morgan fingerprint density at radius 3 is 3.44 bits per heavy atom. The van der Waals surface area contributed by atoms with Gasteiger partial charge in [0.05, 0.1) is 0 Å². The van der Waals surface area contributed by atoms with Gasteiger partial charge in [-0.15, -0.1) is 0 Å². The lowest BCUT2D eigenvalue weighted by Crippen LogP contribution is -1.62. The van der Waals surface area contributed by atoms with E-state index in [4.69, 9.17) is 4.42 Å². The summed E-state index contributed by atoms with van der Waals surface area (Å²) < 4.78 is 4.85. The average molecular weight is 117 g/mol. The van der Waals surface area contributed by atoms with Gasteiger partial charge in [0.1, 0.15) is 5.52 Å². The monoisotopic (exact) mass is 117 g/mol. The first-order valence-corrected chi connectivity index (χ1v) is 2.59. The van der Waals surface area contributed by atoms with E-state index in [9.17, 15) is 0 Å². The molecular weight excluding hydrogens is 114 g/mol. The predicted molar refractivity (Wildman–Crippen MR) is 31.7 cm³/mol. The van der Waals surface area contributed by atoms with Gasteiger partial charge in [-0.05, 0) is 18.2 Å². The molecular formula is C7H3NO. The standard InChI is InChI=1S/C7H3NO/c1-2-4-7-6(3-1)8-5-9-7/h1,3-4H. The van der Waals surface area contributed by atoms with Crippen LogP contribution in [0, 0.1) is 12.5 Å². The van der Waals surface area contributed by atoms with Gasteiger partial charge in [0.2, 0.25) is 0 Å². The molecule has 2 aromatic rings. The largest absolute Gasteiger partial charge is 0.432 e. The smallest absolute Gasteiger partial charge is 0.284 e. The Morgan fingerprint density at radius 2 is 2.56 bits per heavy atom. The maximum absolute atomic E-state index is 4.85. The SMILES string of the molecule is [c]1ccc2n[c]oc2c1. The molecule has 1 heterocycles. The van der Waals surface area contributed by atoms with Crippen LogP contribution in [-0.4, -0.2) is 4.98 Å². The molecule has 9 heavy (non-hydrogen) atoms. The van der Waals surface area contributed by atoms with Crippen molar-refractivity contribution < 1.29 is 4.42 Å². The highest BCUT2D eigenvalue weighted by molar-refractivity contribution is 5.70. The van der Waals surface area contributed by atoms with Crippen LogP contribution < -0.4 is 0 Å². The molecule has 0 aliphatic heterocycles. The summed E-state index contributed by atoms with van der Waals surface area (Å²) in [4.78, 5) is 3.81. The van der Waals surface area contributed by atoms with E-state index < -0.39 is 0 Å². The lowest BCUT2D eigenvalue weighted by molar-refractivity contribution is 0.591. The van der Waals surface area contributed by atoms with Crippen LogP contribution in [0.15, 0.2) is 22.6 Å². The summed E-state index contributed by atoms with van der Waals surface area (Å²) in [5.74, 6) is 0. The second-order valence-corrected chi connectivity index (χ2v) is 1.70. The molecule has 1 aromatic carbocycles. The van der Waals surface area contributed by atoms with Gasteiger partial charge < -0.3 is 4.42 Å². The van der Waals surface area contributed by atoms with Gasteiger partial charge in [-0.2, -0.15) is 0 Å². The number of rotatable bonds is 0. The van der Waals surface area contributed by atoms with Crippen molar-refractivity contribution in [3.05, 3.63) is 30.7 Å². The Labute approximate surface area is 52.1 Å². The first-order valence-electron chi connectivity index (χ1n) is 2.59. The summed E-state index contributed by atoms with van der Waals surface area (Å²) in [5.41, 5.74) is 1.56. The van der Waals surface area contributed by atoms with Crippen molar-refractivity contribution in [2.45, 2.75) is 0 Å². The molecule has 2 heteroatoms. The van der Waals surface area contributed by atoms with Crippen LogP contribution in [0.4, 0.5) is 0 Å². The second-order valence-electron chi connectivity index (χ2n) is 1.70. The van der Waals surface area contributed by atoms with E-state index in [0.717, 1.165) is 11.1 Å². The Hall–Kier alpha value is -1.31. The molecule has 2 nitrogen and oxygen atoms in total. The van der Waals surface area contributed by atoms with E-state index in [0.29, 0.717) is 0 Å². The number of hydrogen-bond acceptors (Lipinski definition) is 2. The molecule has 0 atom stereocenters. The molecule has 0 amide bonds. The normalized spacial score (nSPS) is 10.2. The molecule has 0 saturated heterocycles. The average Bonchev–Trinajstić information content (AvgIpc) is 2.33. The molecule has 2 radical (unpaired) electrons. The van der Waals surface area contributed by atoms with Crippen molar-refractivity contribution in [3.63, 3.8) is 0 Å². The van der Waals surface area contributed by atoms with Crippen LogP contribution in [-0.2, 0) is 0 Å². The van der Waals surface area contributed by atoms with E-state index in [1.54, 1.807) is 12.1 Å². The van der Waals surface area contributed by atoms with Crippen LogP contribution in [0.25, 0.3) is 11.1 Å². The topological polar surface area (TPSA) is 26.0 Å². The van der Waals surface area contributed by atoms with E-state index in [1.807, 2.05) is 6.07 Å². The fraction of sp³-hybridized carbons (Fsp3) is 0. The molecule has 0 fully saturated rings. The Morgan fingerprint density at radius 1 is 1.56 bits per heavy atom. The zero-order valence-corrected chi connectivity index (χ0v) is 4.59. The van der Waals surface area contributed by atoms with Gasteiger partial charge >= 0.3 is 0 Å². The fourth-order valence-corrected chi connectivity index (χ4v) is 0.702. The summed E-state index contributed by atoms with van der Waals surface area (Å²) in [5, 5.41) is 0. The molecule has 0 spiro atoms. The van der Waals surface area contributed by atoms with Crippen LogP contribution >= 0.6 is 0 Å². The van der Waals surface area contributed by atoms with Crippen molar-refractivity contribution in [3.8, 4) is 0 Å². The minimum Gasteiger partial charge on any atom is -0.432 e. The van der Waals surface area contributed by atoms with Crippen molar-refractivity contribution in [1.29, 1.82) is 0 Å². The van der Waals surface area contributed by atoms with Crippen molar-refractivity contribution >= 4 is 11.1 Å². The highest BCUT2D eigenvalue weighted by atomic mass is 16.3. The van der Waals surface area contributed by atoms with Gasteiger partial charge in [0, 0.05) is 0 Å². The van der Waals surface area contributed by atoms with Gasteiger partial charge in [-0.25, -0.2) is 4.98 Å². The molecule has 0 unspecified atom stereocenters. The van der Waals surface area contributed by atoms with E-state index in [-0.39, 0.29) is 0 Å². The highest BCUT2D eigenvalue weighted by Gasteiger charge is 1.92. The van der Waals surface area contributed by atoms with Crippen LogP contribution in [0.1, 0.15) is 0 Å². The summed E-state index contributed by atoms with van der Waals surface area (Å²) in [6.45, 7) is 0. The molecule has 42 valence electrons. The molecule has 0 N–H and O–H groups in total. The van der Waals surface area contributed by atoms with Crippen LogP contribution in [0.2, 0.25) is 0 Å². The minimum atomic E-state index is 0.734. The summed E-state index contributed by atoms with van der Waals surface area (Å²) in [7, 11) is 0. The second kappa shape index (κ2) is 1.58. The fourth-order valence-electron chi connectivity index (χ4n) is 0.702. The van der Waals surface area contributed by atoms with E-state index in [2.05, 4.69) is 17.4 Å². The Balaban J connectivity index is 2.95. The third kappa shape index (κ3) is 0.598. The zero-order chi connectivity index (χ0) is 6.10. The van der Waals surface area contributed by atoms with Gasteiger partial charge in [-0.3, -0.25) is 0 Å². The van der Waals surface area contributed by atoms with Crippen LogP contribution in [0.3, 0.4) is 0 Å². The quantitative estimate of drug-likeness (QED) is 0.521. The van der Waals surface area contributed by atoms with E-state index >= 15 is 0 Å². The Bertz CT molecular complexity index is 283. The number of oxazole rings is 1.